The van der Waals surface area contributed by atoms with Crippen molar-refractivity contribution in [3.63, 3.8) is 0 Å². The first-order valence-corrected chi connectivity index (χ1v) is 7.46. The first kappa shape index (κ1) is 14.7. The highest BCUT2D eigenvalue weighted by molar-refractivity contribution is 5.70. The van der Waals surface area contributed by atoms with E-state index in [2.05, 4.69) is 15.0 Å². The summed E-state index contributed by atoms with van der Waals surface area (Å²) in [7, 11) is 0. The van der Waals surface area contributed by atoms with Crippen LogP contribution in [0.3, 0.4) is 0 Å². The summed E-state index contributed by atoms with van der Waals surface area (Å²) in [6, 6.07) is 7.94. The highest BCUT2D eigenvalue weighted by atomic mass is 16.5. The van der Waals surface area contributed by atoms with Gasteiger partial charge in [0.25, 0.3) is 0 Å². The zero-order chi connectivity index (χ0) is 15.5. The van der Waals surface area contributed by atoms with Gasteiger partial charge in [-0.05, 0) is 26.3 Å². The van der Waals surface area contributed by atoms with E-state index < -0.39 is 5.97 Å². The summed E-state index contributed by atoms with van der Waals surface area (Å²) >= 11 is 0. The van der Waals surface area contributed by atoms with E-state index in [9.17, 15) is 4.79 Å². The number of rotatable bonds is 4. The van der Waals surface area contributed by atoms with Crippen LogP contribution in [0.15, 0.2) is 28.8 Å². The van der Waals surface area contributed by atoms with Crippen molar-refractivity contribution in [3.05, 3.63) is 35.7 Å². The van der Waals surface area contributed by atoms with E-state index >= 15 is 0 Å². The van der Waals surface area contributed by atoms with Crippen LogP contribution in [-0.2, 0) is 11.3 Å². The van der Waals surface area contributed by atoms with Gasteiger partial charge in [0.05, 0.1) is 12.5 Å². The highest BCUT2D eigenvalue weighted by Crippen LogP contribution is 2.20. The molecule has 3 rings (SSSR count). The summed E-state index contributed by atoms with van der Waals surface area (Å²) in [5, 5.41) is 13.1. The van der Waals surface area contributed by atoms with E-state index in [-0.39, 0.29) is 5.92 Å². The Hall–Kier alpha value is -2.21. The predicted molar refractivity (Wildman–Crippen MR) is 80.1 cm³/mol. The molecule has 6 heteroatoms. The average Bonchev–Trinajstić information content (AvgIpc) is 2.96. The molecule has 1 aromatic carbocycles. The van der Waals surface area contributed by atoms with Gasteiger partial charge in [-0.15, -0.1) is 0 Å². The molecule has 1 saturated heterocycles. The maximum absolute atomic E-state index is 11.1. The summed E-state index contributed by atoms with van der Waals surface area (Å²) in [5.74, 6) is 0.0761. The maximum atomic E-state index is 11.1. The molecule has 1 fully saturated rings. The Morgan fingerprint density at radius 3 is 2.91 bits per heavy atom. The Morgan fingerprint density at radius 1 is 1.41 bits per heavy atom. The number of benzene rings is 1. The van der Waals surface area contributed by atoms with Crippen molar-refractivity contribution in [2.75, 3.05) is 13.1 Å². The van der Waals surface area contributed by atoms with E-state index in [0.717, 1.165) is 24.9 Å². The van der Waals surface area contributed by atoms with Crippen molar-refractivity contribution in [1.82, 2.24) is 15.0 Å². The first-order chi connectivity index (χ1) is 10.6. The van der Waals surface area contributed by atoms with Gasteiger partial charge in [0.1, 0.15) is 0 Å². The molecule has 0 saturated carbocycles. The standard InChI is InChI=1S/C16H19N3O3/c1-11-4-6-12(7-5-11)15-17-14(22-18-15)10-19-8-2-3-13(9-19)16(20)21/h4-7,13H,2-3,8-10H2,1H3,(H,20,21). The molecule has 6 nitrogen and oxygen atoms in total. The van der Waals surface area contributed by atoms with Gasteiger partial charge in [-0.2, -0.15) is 4.98 Å². The smallest absolute Gasteiger partial charge is 0.307 e. The van der Waals surface area contributed by atoms with Crippen LogP contribution in [0, 0.1) is 12.8 Å². The second kappa shape index (κ2) is 6.27. The summed E-state index contributed by atoms with van der Waals surface area (Å²) in [4.78, 5) is 17.6. The van der Waals surface area contributed by atoms with Crippen molar-refractivity contribution in [2.45, 2.75) is 26.3 Å². The van der Waals surface area contributed by atoms with Crippen LogP contribution in [0.2, 0.25) is 0 Å². The Balaban J connectivity index is 1.66. The predicted octanol–water partition coefficient (Wildman–Crippen LogP) is 2.34. The molecule has 0 aliphatic carbocycles. The number of aromatic nitrogens is 2. The van der Waals surface area contributed by atoms with E-state index in [0.29, 0.717) is 24.8 Å². The molecule has 0 radical (unpaired) electrons. The second-order valence-electron chi connectivity index (χ2n) is 5.79. The van der Waals surface area contributed by atoms with Crippen molar-refractivity contribution in [3.8, 4) is 11.4 Å². The fourth-order valence-electron chi connectivity index (χ4n) is 2.73. The maximum Gasteiger partial charge on any atom is 0.307 e. The molecular formula is C16H19N3O3. The Bertz CT molecular complexity index is 651. The number of likely N-dealkylation sites (tertiary alicyclic amines) is 1. The number of piperidine rings is 1. The lowest BCUT2D eigenvalue weighted by atomic mass is 9.98. The van der Waals surface area contributed by atoms with Gasteiger partial charge in [-0.1, -0.05) is 35.0 Å². The fourth-order valence-corrected chi connectivity index (χ4v) is 2.73. The molecule has 2 heterocycles. The number of hydrogen-bond acceptors (Lipinski definition) is 5. The molecule has 1 atom stereocenters. The molecular weight excluding hydrogens is 282 g/mol. The lowest BCUT2D eigenvalue weighted by Crippen LogP contribution is -2.38. The molecule has 0 spiro atoms. The number of carboxylic acid groups (broad SMARTS) is 1. The zero-order valence-corrected chi connectivity index (χ0v) is 12.5. The molecule has 22 heavy (non-hydrogen) atoms. The first-order valence-electron chi connectivity index (χ1n) is 7.46. The van der Waals surface area contributed by atoms with Crippen LogP contribution in [0.1, 0.15) is 24.3 Å². The van der Waals surface area contributed by atoms with Crippen LogP contribution < -0.4 is 0 Å². The van der Waals surface area contributed by atoms with Crippen LogP contribution >= 0.6 is 0 Å². The van der Waals surface area contributed by atoms with E-state index in [4.69, 9.17) is 9.63 Å². The third-order valence-electron chi connectivity index (χ3n) is 3.99. The summed E-state index contributed by atoms with van der Waals surface area (Å²) < 4.78 is 5.30. The van der Waals surface area contributed by atoms with E-state index in [1.807, 2.05) is 31.2 Å². The Kier molecular flexibility index (Phi) is 4.20. The molecule has 0 amide bonds. The minimum Gasteiger partial charge on any atom is -0.481 e. The summed E-state index contributed by atoms with van der Waals surface area (Å²) in [6.07, 6.45) is 1.63. The number of hydrogen-bond donors (Lipinski definition) is 1. The largest absolute Gasteiger partial charge is 0.481 e. The number of nitrogens with zero attached hydrogens (tertiary/aromatic N) is 3. The normalized spacial score (nSPS) is 19.2. The van der Waals surface area contributed by atoms with Gasteiger partial charge < -0.3 is 9.63 Å². The lowest BCUT2D eigenvalue weighted by Gasteiger charge is -2.29. The van der Waals surface area contributed by atoms with Crippen LogP contribution in [0.4, 0.5) is 0 Å². The molecule has 1 unspecified atom stereocenters. The third-order valence-corrected chi connectivity index (χ3v) is 3.99. The second-order valence-corrected chi connectivity index (χ2v) is 5.79. The Labute approximate surface area is 128 Å². The SMILES string of the molecule is Cc1ccc(-c2noc(CN3CCCC(C(=O)O)C3)n2)cc1. The number of aliphatic carboxylic acids is 1. The summed E-state index contributed by atoms with van der Waals surface area (Å²) in [6.45, 7) is 3.94. The molecule has 116 valence electrons. The third kappa shape index (κ3) is 3.33. The topological polar surface area (TPSA) is 79.5 Å². The van der Waals surface area contributed by atoms with Gasteiger partial charge in [0.2, 0.25) is 11.7 Å². The fraction of sp³-hybridized carbons (Fsp3) is 0.438. The highest BCUT2D eigenvalue weighted by Gasteiger charge is 2.26. The monoisotopic (exact) mass is 301 g/mol. The van der Waals surface area contributed by atoms with Crippen molar-refractivity contribution < 1.29 is 14.4 Å². The minimum absolute atomic E-state index is 0.298. The zero-order valence-electron chi connectivity index (χ0n) is 12.5. The van der Waals surface area contributed by atoms with E-state index in [1.54, 1.807) is 0 Å². The van der Waals surface area contributed by atoms with Gasteiger partial charge in [0.15, 0.2) is 0 Å². The molecule has 1 N–H and O–H groups in total. The van der Waals surface area contributed by atoms with Gasteiger partial charge >= 0.3 is 5.97 Å². The number of aryl methyl sites for hydroxylation is 1. The Morgan fingerprint density at radius 2 is 2.18 bits per heavy atom. The van der Waals surface area contributed by atoms with Crippen LogP contribution in [-0.4, -0.2) is 39.2 Å². The van der Waals surface area contributed by atoms with E-state index in [1.165, 1.54) is 5.56 Å². The number of carbonyl (C=O) groups is 1. The van der Waals surface area contributed by atoms with Crippen molar-refractivity contribution in [1.29, 1.82) is 0 Å². The van der Waals surface area contributed by atoms with Crippen LogP contribution in [0.25, 0.3) is 11.4 Å². The van der Waals surface area contributed by atoms with Gasteiger partial charge in [-0.25, -0.2) is 0 Å². The molecule has 0 bridgehead atoms. The molecule has 1 aliphatic heterocycles. The van der Waals surface area contributed by atoms with Crippen molar-refractivity contribution >= 4 is 5.97 Å². The van der Waals surface area contributed by atoms with Crippen LogP contribution in [0.5, 0.6) is 0 Å². The number of carboxylic acids is 1. The summed E-state index contributed by atoms with van der Waals surface area (Å²) in [5.41, 5.74) is 2.10. The minimum atomic E-state index is -0.726. The molecule has 1 aromatic heterocycles. The average molecular weight is 301 g/mol. The lowest BCUT2D eigenvalue weighted by molar-refractivity contribution is -0.143. The quantitative estimate of drug-likeness (QED) is 0.933. The van der Waals surface area contributed by atoms with Gasteiger partial charge in [0, 0.05) is 12.1 Å². The molecule has 1 aliphatic rings. The van der Waals surface area contributed by atoms with Gasteiger partial charge in [-0.3, -0.25) is 9.69 Å². The van der Waals surface area contributed by atoms with Crippen molar-refractivity contribution in [2.24, 2.45) is 5.92 Å². The molecule has 2 aromatic rings.